The minimum atomic E-state index is 0.975. The summed E-state index contributed by atoms with van der Waals surface area (Å²) in [6.07, 6.45) is 3.73. The number of aryl methyl sites for hydroxylation is 1. The van der Waals surface area contributed by atoms with E-state index in [1.54, 1.807) is 0 Å². The first-order valence-corrected chi connectivity index (χ1v) is 34.7. The van der Waals surface area contributed by atoms with Crippen molar-refractivity contribution in [1.29, 1.82) is 0 Å². The first kappa shape index (κ1) is 60.3. The van der Waals surface area contributed by atoms with Crippen LogP contribution in [0.5, 0.6) is 0 Å². The van der Waals surface area contributed by atoms with E-state index in [0.717, 1.165) is 25.7 Å². The van der Waals surface area contributed by atoms with E-state index in [2.05, 4.69) is 395 Å². The second-order valence-corrected chi connectivity index (χ2v) is 26.9. The molecule has 96 heavy (non-hydrogen) atoms. The first-order valence-electron chi connectivity index (χ1n) is 32.3. The molecular weight excluding hydrogens is 1360 g/mol. The highest BCUT2D eigenvalue weighted by atomic mass is 79.9. The molecule has 4 heterocycles. The predicted molar refractivity (Wildman–Crippen MR) is 418 cm³/mol. The van der Waals surface area contributed by atoms with Crippen LogP contribution < -0.4 is 0 Å². The topological polar surface area (TPSA) is 27.7 Å². The second-order valence-electron chi connectivity index (χ2n) is 24.1. The molecule has 458 valence electrons. The molecule has 0 bridgehead atoms. The van der Waals surface area contributed by atoms with Gasteiger partial charge in [0.15, 0.2) is 0 Å². The molecule has 0 saturated heterocycles. The number of rotatable bonds is 9. The standard InChI is InChI=1S/C34H22BrN.C29H19BrN2.C26H20BrN/c35-28-18-15-23(16-19-28)25-9-5-10-26(21-25)27-17-20-34-31(22-27)30-12-3-4-13-33(30)36(34)32-14-6-8-24-7-1-2-11-29(24)32;30-24-13-10-20(11-14-24)21-5-3-6-22(17-21)23-12-15-29-27(18-23)26-8-1-2-9-28(26)32(29)25-7-4-16-31-19-25;1-2-28-25-9-4-3-8-23(25)24-17-21(12-15-26(24)28)20-7-5-6-19(16-20)18-10-13-22(27)14-11-18/h1-22H;1-19H;3-17H,2H2,1H3. The average Bonchev–Trinajstić information content (AvgIpc) is 1.60. The summed E-state index contributed by atoms with van der Waals surface area (Å²) in [5.41, 5.74) is 24.4. The zero-order chi connectivity index (χ0) is 64.6. The lowest BCUT2D eigenvalue weighted by atomic mass is 9.98. The first-order chi connectivity index (χ1) is 47.3. The predicted octanol–water partition coefficient (Wildman–Crippen LogP) is 26.2. The van der Waals surface area contributed by atoms with Gasteiger partial charge < -0.3 is 13.7 Å². The summed E-state index contributed by atoms with van der Waals surface area (Å²) >= 11 is 10.6. The van der Waals surface area contributed by atoms with Gasteiger partial charge in [0, 0.05) is 74.9 Å². The van der Waals surface area contributed by atoms with Crippen LogP contribution >= 0.6 is 47.8 Å². The Bertz CT molecular complexity index is 5900. The number of pyridine rings is 1. The summed E-state index contributed by atoms with van der Waals surface area (Å²) in [4.78, 5) is 4.34. The monoisotopic (exact) mass is 1420 g/mol. The quantitative estimate of drug-likeness (QED) is 0.142. The third-order valence-electron chi connectivity index (χ3n) is 18.5. The Hall–Kier alpha value is -10.7. The van der Waals surface area contributed by atoms with Gasteiger partial charge in [-0.25, -0.2) is 0 Å². The van der Waals surface area contributed by atoms with E-state index in [0.29, 0.717) is 0 Å². The Labute approximate surface area is 583 Å². The molecule has 7 heteroatoms. The van der Waals surface area contributed by atoms with Gasteiger partial charge in [0.25, 0.3) is 0 Å². The molecule has 0 atom stereocenters. The summed E-state index contributed by atoms with van der Waals surface area (Å²) < 4.78 is 10.4. The minimum Gasteiger partial charge on any atom is -0.341 e. The maximum Gasteiger partial charge on any atom is 0.0645 e. The van der Waals surface area contributed by atoms with Gasteiger partial charge in [0.2, 0.25) is 0 Å². The van der Waals surface area contributed by atoms with Gasteiger partial charge in [-0.15, -0.1) is 0 Å². The fourth-order valence-corrected chi connectivity index (χ4v) is 14.7. The van der Waals surface area contributed by atoms with Crippen LogP contribution in [0.3, 0.4) is 0 Å². The molecule has 4 nitrogen and oxygen atoms in total. The number of halogens is 3. The number of para-hydroxylation sites is 3. The molecule has 0 aliphatic carbocycles. The third-order valence-corrected chi connectivity index (χ3v) is 20.1. The van der Waals surface area contributed by atoms with Crippen molar-refractivity contribution in [3.8, 4) is 78.1 Å². The molecule has 0 radical (unpaired) electrons. The smallest absolute Gasteiger partial charge is 0.0645 e. The van der Waals surface area contributed by atoms with E-state index in [1.165, 1.54) is 149 Å². The highest BCUT2D eigenvalue weighted by Crippen LogP contribution is 2.41. The largest absolute Gasteiger partial charge is 0.341 e. The van der Waals surface area contributed by atoms with E-state index < -0.39 is 0 Å². The molecule has 0 spiro atoms. The molecule has 14 aromatic carbocycles. The Kier molecular flexibility index (Phi) is 16.5. The average molecular weight is 1430 g/mol. The lowest BCUT2D eigenvalue weighted by molar-refractivity contribution is 0.827. The van der Waals surface area contributed by atoms with Crippen LogP contribution in [0.25, 0.3) is 154 Å². The van der Waals surface area contributed by atoms with Crippen molar-refractivity contribution in [3.05, 3.63) is 353 Å². The Morgan fingerprint density at radius 2 is 0.594 bits per heavy atom. The molecule has 0 amide bonds. The lowest BCUT2D eigenvalue weighted by Crippen LogP contribution is -1.95. The van der Waals surface area contributed by atoms with Crippen LogP contribution in [-0.2, 0) is 6.54 Å². The lowest BCUT2D eigenvalue weighted by Gasteiger charge is -2.12. The summed E-state index contributed by atoms with van der Waals surface area (Å²) in [6.45, 7) is 3.18. The molecule has 0 saturated carbocycles. The van der Waals surface area contributed by atoms with Crippen molar-refractivity contribution in [2.45, 2.75) is 13.5 Å². The summed E-state index contributed by atoms with van der Waals surface area (Å²) in [5.74, 6) is 0. The number of nitrogens with zero attached hydrogens (tertiary/aromatic N) is 4. The van der Waals surface area contributed by atoms with Gasteiger partial charge in [0.1, 0.15) is 0 Å². The third kappa shape index (κ3) is 11.6. The number of hydrogen-bond acceptors (Lipinski definition) is 1. The van der Waals surface area contributed by atoms with Crippen molar-refractivity contribution in [1.82, 2.24) is 18.7 Å². The normalized spacial score (nSPS) is 11.4. The molecule has 18 rings (SSSR count). The maximum atomic E-state index is 4.34. The van der Waals surface area contributed by atoms with Crippen LogP contribution in [0.15, 0.2) is 353 Å². The SMILES string of the molecule is Brc1ccc(-c2cccc(-c3ccc4c(c3)c3ccccc3n4-c3cccc4ccccc34)c2)cc1.Brc1ccc(-c2cccc(-c3ccc4c(c3)c3ccccc3n4-c3cccnc3)c2)cc1.CCn1c2ccccc2c2cc(-c3cccc(-c4ccc(Br)cc4)c3)ccc21. The maximum absolute atomic E-state index is 4.34. The van der Waals surface area contributed by atoms with E-state index in [9.17, 15) is 0 Å². The van der Waals surface area contributed by atoms with Gasteiger partial charge in [0.05, 0.1) is 39.6 Å². The van der Waals surface area contributed by atoms with E-state index in [-0.39, 0.29) is 0 Å². The van der Waals surface area contributed by atoms with Gasteiger partial charge in [-0.1, -0.05) is 248 Å². The van der Waals surface area contributed by atoms with Gasteiger partial charge in [-0.3, -0.25) is 4.98 Å². The molecule has 4 aromatic heterocycles. The minimum absolute atomic E-state index is 0.975. The van der Waals surface area contributed by atoms with Crippen LogP contribution in [0, 0.1) is 0 Å². The number of aromatic nitrogens is 4. The Balaban J connectivity index is 0.000000114. The zero-order valence-electron chi connectivity index (χ0n) is 52.5. The van der Waals surface area contributed by atoms with Crippen molar-refractivity contribution >= 4 is 124 Å². The van der Waals surface area contributed by atoms with Crippen molar-refractivity contribution < 1.29 is 0 Å². The summed E-state index contributed by atoms with van der Waals surface area (Å²) in [6, 6.07) is 118. The summed E-state index contributed by atoms with van der Waals surface area (Å²) in [7, 11) is 0. The number of benzene rings is 14. The van der Waals surface area contributed by atoms with Crippen molar-refractivity contribution in [3.63, 3.8) is 0 Å². The fourth-order valence-electron chi connectivity index (χ4n) is 13.9. The Morgan fingerprint density at radius 3 is 1.06 bits per heavy atom. The van der Waals surface area contributed by atoms with Crippen LogP contribution in [0.4, 0.5) is 0 Å². The molecule has 18 aromatic rings. The van der Waals surface area contributed by atoms with Gasteiger partial charge in [-0.05, 0) is 206 Å². The van der Waals surface area contributed by atoms with Crippen molar-refractivity contribution in [2.75, 3.05) is 0 Å². The van der Waals surface area contributed by atoms with Crippen LogP contribution in [0.2, 0.25) is 0 Å². The molecule has 0 fully saturated rings. The van der Waals surface area contributed by atoms with Crippen molar-refractivity contribution in [2.24, 2.45) is 0 Å². The van der Waals surface area contributed by atoms with Crippen LogP contribution in [-0.4, -0.2) is 18.7 Å². The molecule has 0 aliphatic rings. The Morgan fingerprint density at radius 1 is 0.260 bits per heavy atom. The second kappa shape index (κ2) is 26.3. The number of fused-ring (bicyclic) bond motifs is 10. The van der Waals surface area contributed by atoms with Gasteiger partial charge >= 0.3 is 0 Å². The number of hydrogen-bond donors (Lipinski definition) is 0. The van der Waals surface area contributed by atoms with Crippen LogP contribution in [0.1, 0.15) is 6.92 Å². The highest BCUT2D eigenvalue weighted by Gasteiger charge is 2.18. The molecule has 0 N–H and O–H groups in total. The van der Waals surface area contributed by atoms with Gasteiger partial charge in [-0.2, -0.15) is 0 Å². The van der Waals surface area contributed by atoms with E-state index in [4.69, 9.17) is 0 Å². The highest BCUT2D eigenvalue weighted by molar-refractivity contribution is 9.11. The molecular formula is C89H61Br3N4. The van der Waals surface area contributed by atoms with E-state index in [1.807, 2.05) is 18.5 Å². The summed E-state index contributed by atoms with van der Waals surface area (Å²) in [5, 5.41) is 10.2. The molecule has 0 aliphatic heterocycles. The van der Waals surface area contributed by atoms with E-state index >= 15 is 0 Å². The fraction of sp³-hybridized carbons (Fsp3) is 0.0225. The molecule has 0 unspecified atom stereocenters. The zero-order valence-corrected chi connectivity index (χ0v) is 57.2.